The van der Waals surface area contributed by atoms with Crippen LogP contribution in [0.4, 0.5) is 19.0 Å². The third-order valence-corrected chi connectivity index (χ3v) is 5.43. The van der Waals surface area contributed by atoms with Crippen LogP contribution in [0, 0.1) is 6.92 Å². The molecule has 150 valence electrons. The van der Waals surface area contributed by atoms with Crippen molar-refractivity contribution < 1.29 is 18.0 Å². The minimum atomic E-state index is -4.50. The summed E-state index contributed by atoms with van der Waals surface area (Å²) in [6.45, 7) is 4.62. The lowest BCUT2D eigenvalue weighted by Crippen LogP contribution is -2.50. The van der Waals surface area contributed by atoms with E-state index in [1.165, 1.54) is 0 Å². The summed E-state index contributed by atoms with van der Waals surface area (Å²) < 4.78 is 40.7. The number of aromatic nitrogens is 4. The lowest BCUT2D eigenvalue weighted by atomic mass is 9.97. The molecule has 0 spiro atoms. The fraction of sp³-hybridized carbons (Fsp3) is 0.556. The number of amides is 1. The number of hydrogen-bond donors (Lipinski definition) is 0. The number of alkyl halides is 3. The highest BCUT2D eigenvalue weighted by Crippen LogP contribution is 2.31. The van der Waals surface area contributed by atoms with Gasteiger partial charge in [-0.3, -0.25) is 4.79 Å². The molecule has 0 radical (unpaired) electrons. The predicted octanol–water partition coefficient (Wildman–Crippen LogP) is 2.23. The van der Waals surface area contributed by atoms with E-state index in [4.69, 9.17) is 0 Å². The van der Waals surface area contributed by atoms with Gasteiger partial charge in [0.25, 0.3) is 0 Å². The molecular formula is C18H21F3N6O. The van der Waals surface area contributed by atoms with E-state index in [9.17, 15) is 18.0 Å². The Hall–Kier alpha value is -2.65. The normalized spacial score (nSPS) is 20.2. The van der Waals surface area contributed by atoms with Crippen LogP contribution in [0.1, 0.15) is 36.0 Å². The lowest BCUT2D eigenvalue weighted by molar-refractivity contribution is -0.141. The highest BCUT2D eigenvalue weighted by Gasteiger charge is 2.35. The maximum atomic E-state index is 13.0. The summed E-state index contributed by atoms with van der Waals surface area (Å²) in [5.41, 5.74) is 0.0990. The van der Waals surface area contributed by atoms with Crippen molar-refractivity contribution in [3.05, 3.63) is 35.8 Å². The van der Waals surface area contributed by atoms with Gasteiger partial charge in [0.15, 0.2) is 0 Å². The number of anilines is 1. The minimum Gasteiger partial charge on any atom is -0.353 e. The molecule has 1 atom stereocenters. The number of carbonyl (C=O) groups is 1. The summed E-state index contributed by atoms with van der Waals surface area (Å²) >= 11 is 0. The third kappa shape index (κ3) is 3.43. The van der Waals surface area contributed by atoms with E-state index >= 15 is 0 Å². The predicted molar refractivity (Wildman–Crippen MR) is 94.8 cm³/mol. The number of halogens is 3. The van der Waals surface area contributed by atoms with E-state index in [0.29, 0.717) is 26.2 Å². The zero-order chi connectivity index (χ0) is 19.9. The summed E-state index contributed by atoms with van der Waals surface area (Å²) in [6.07, 6.45) is -0.0688. The molecule has 0 bridgehead atoms. The Morgan fingerprint density at radius 2 is 1.86 bits per heavy atom. The lowest BCUT2D eigenvalue weighted by Gasteiger charge is -2.37. The van der Waals surface area contributed by atoms with Gasteiger partial charge >= 0.3 is 6.18 Å². The van der Waals surface area contributed by atoms with Crippen molar-refractivity contribution >= 4 is 11.7 Å². The molecule has 10 heteroatoms. The van der Waals surface area contributed by atoms with Crippen molar-refractivity contribution in [2.75, 3.05) is 31.1 Å². The second kappa shape index (κ2) is 7.06. The van der Waals surface area contributed by atoms with Crippen LogP contribution in [0.15, 0.2) is 18.6 Å². The zero-order valence-corrected chi connectivity index (χ0v) is 15.5. The quantitative estimate of drug-likeness (QED) is 0.782. The summed E-state index contributed by atoms with van der Waals surface area (Å²) in [4.78, 5) is 28.3. The van der Waals surface area contributed by atoms with Crippen LogP contribution in [0.2, 0.25) is 0 Å². The van der Waals surface area contributed by atoms with E-state index in [2.05, 4.69) is 19.5 Å². The van der Waals surface area contributed by atoms with Crippen molar-refractivity contribution in [1.82, 2.24) is 24.4 Å². The first kappa shape index (κ1) is 18.7. The topological polar surface area (TPSA) is 67.2 Å². The highest BCUT2D eigenvalue weighted by molar-refractivity contribution is 5.83. The van der Waals surface area contributed by atoms with Crippen LogP contribution in [-0.4, -0.2) is 56.5 Å². The summed E-state index contributed by atoms with van der Waals surface area (Å²) in [7, 11) is 0. The molecule has 2 aliphatic heterocycles. The number of aryl methyl sites for hydroxylation is 1. The molecule has 1 saturated heterocycles. The first-order chi connectivity index (χ1) is 13.3. The molecule has 4 heterocycles. The van der Waals surface area contributed by atoms with Gasteiger partial charge in [0.1, 0.15) is 23.7 Å². The Labute approximate surface area is 160 Å². The Kier molecular flexibility index (Phi) is 4.72. The van der Waals surface area contributed by atoms with Gasteiger partial charge in [0.2, 0.25) is 5.91 Å². The highest BCUT2D eigenvalue weighted by atomic mass is 19.4. The standard InChI is InChI=1S/C18H21F3N6O/c1-12-10-22-16-13(3-2-4-27(12)16)17(28)26-7-5-25(6-8-26)15-9-14(18(19,20)21)23-11-24-15/h9-11,13H,2-8H2,1H3. The van der Waals surface area contributed by atoms with Crippen LogP contribution in [-0.2, 0) is 17.5 Å². The molecule has 28 heavy (non-hydrogen) atoms. The molecule has 0 saturated carbocycles. The molecule has 1 fully saturated rings. The van der Waals surface area contributed by atoms with Gasteiger partial charge in [0, 0.05) is 50.7 Å². The molecule has 4 rings (SSSR count). The SMILES string of the molecule is Cc1cnc2n1CCCC2C(=O)N1CCN(c2cc(C(F)(F)F)ncn2)CC1. The summed E-state index contributed by atoms with van der Waals surface area (Å²) in [5.74, 6) is 0.856. The van der Waals surface area contributed by atoms with Gasteiger partial charge in [0.05, 0.1) is 5.92 Å². The Balaban J connectivity index is 1.43. The Bertz CT molecular complexity index is 872. The van der Waals surface area contributed by atoms with E-state index in [1.54, 1.807) is 16.0 Å². The molecule has 2 aromatic heterocycles. The Morgan fingerprint density at radius 3 is 2.57 bits per heavy atom. The van der Waals surface area contributed by atoms with Crippen molar-refractivity contribution in [3.63, 3.8) is 0 Å². The van der Waals surface area contributed by atoms with Crippen LogP contribution in [0.3, 0.4) is 0 Å². The van der Waals surface area contributed by atoms with Crippen LogP contribution >= 0.6 is 0 Å². The average Bonchev–Trinajstić information content (AvgIpc) is 3.08. The molecular weight excluding hydrogens is 373 g/mol. The molecule has 0 aromatic carbocycles. The second-order valence-electron chi connectivity index (χ2n) is 7.18. The van der Waals surface area contributed by atoms with Gasteiger partial charge in [-0.2, -0.15) is 13.2 Å². The monoisotopic (exact) mass is 394 g/mol. The summed E-state index contributed by atoms with van der Waals surface area (Å²) in [5, 5.41) is 0. The maximum absolute atomic E-state index is 13.0. The average molecular weight is 394 g/mol. The van der Waals surface area contributed by atoms with E-state index in [-0.39, 0.29) is 17.6 Å². The molecule has 7 nitrogen and oxygen atoms in total. The number of fused-ring (bicyclic) bond motifs is 1. The number of piperazine rings is 1. The molecule has 0 N–H and O–H groups in total. The summed E-state index contributed by atoms with van der Waals surface area (Å²) in [6, 6.07) is 0.957. The molecule has 0 aliphatic carbocycles. The molecule has 2 aromatic rings. The fourth-order valence-corrected chi connectivity index (χ4v) is 3.92. The van der Waals surface area contributed by atoms with Gasteiger partial charge in [-0.15, -0.1) is 0 Å². The van der Waals surface area contributed by atoms with Crippen LogP contribution in [0.25, 0.3) is 0 Å². The minimum absolute atomic E-state index is 0.0462. The maximum Gasteiger partial charge on any atom is 0.433 e. The van der Waals surface area contributed by atoms with E-state index in [0.717, 1.165) is 43.3 Å². The number of imidazole rings is 1. The van der Waals surface area contributed by atoms with Gasteiger partial charge in [-0.1, -0.05) is 0 Å². The van der Waals surface area contributed by atoms with E-state index in [1.807, 2.05) is 6.92 Å². The van der Waals surface area contributed by atoms with Crippen molar-refractivity contribution in [1.29, 1.82) is 0 Å². The second-order valence-corrected chi connectivity index (χ2v) is 7.18. The first-order valence-corrected chi connectivity index (χ1v) is 9.29. The Morgan fingerprint density at radius 1 is 1.11 bits per heavy atom. The van der Waals surface area contributed by atoms with Crippen molar-refractivity contribution in [3.8, 4) is 0 Å². The van der Waals surface area contributed by atoms with Crippen LogP contribution < -0.4 is 4.90 Å². The molecule has 1 amide bonds. The number of carbonyl (C=O) groups excluding carboxylic acids is 1. The van der Waals surface area contributed by atoms with Gasteiger partial charge in [-0.05, 0) is 19.8 Å². The number of rotatable bonds is 2. The fourth-order valence-electron chi connectivity index (χ4n) is 3.92. The van der Waals surface area contributed by atoms with Crippen LogP contribution in [0.5, 0.6) is 0 Å². The van der Waals surface area contributed by atoms with Crippen molar-refractivity contribution in [2.45, 2.75) is 38.4 Å². The number of nitrogens with zero attached hydrogens (tertiary/aromatic N) is 6. The molecule has 2 aliphatic rings. The van der Waals surface area contributed by atoms with Crippen molar-refractivity contribution in [2.24, 2.45) is 0 Å². The van der Waals surface area contributed by atoms with E-state index < -0.39 is 11.9 Å². The molecule has 1 unspecified atom stereocenters. The largest absolute Gasteiger partial charge is 0.433 e. The smallest absolute Gasteiger partial charge is 0.353 e. The van der Waals surface area contributed by atoms with Gasteiger partial charge < -0.3 is 14.4 Å². The zero-order valence-electron chi connectivity index (χ0n) is 15.5. The van der Waals surface area contributed by atoms with Gasteiger partial charge in [-0.25, -0.2) is 15.0 Å². The first-order valence-electron chi connectivity index (χ1n) is 9.29. The number of hydrogen-bond acceptors (Lipinski definition) is 5. The third-order valence-electron chi connectivity index (χ3n) is 5.43.